The van der Waals surface area contributed by atoms with E-state index < -0.39 is 5.41 Å². The Labute approximate surface area is 299 Å². The van der Waals surface area contributed by atoms with Gasteiger partial charge in [0, 0.05) is 11.1 Å². The van der Waals surface area contributed by atoms with Gasteiger partial charge < -0.3 is 4.74 Å². The third kappa shape index (κ3) is 4.62. The summed E-state index contributed by atoms with van der Waals surface area (Å²) in [6.45, 7) is 0. The van der Waals surface area contributed by atoms with Crippen LogP contribution in [0.3, 0.4) is 0 Å². The lowest BCUT2D eigenvalue weighted by Crippen LogP contribution is -2.38. The standard InChI is InChI=1S/C50H34O/c1-3-15-34(16-4-1)40-19-7-9-21-42(40)36-27-29-38-31-39-30-28-37(43-22-10-8-20-41(43)35-17-5-2-6-18-35)33-47(39)50(46(38)32-36)44-23-11-13-25-48(44)51-49-26-14-12-24-45(49)50/h1-30,32-33H,31H2. The highest BCUT2D eigenvalue weighted by molar-refractivity contribution is 5.87. The van der Waals surface area contributed by atoms with Crippen molar-refractivity contribution in [2.75, 3.05) is 0 Å². The Bertz CT molecular complexity index is 2400. The number of hydrogen-bond donors (Lipinski definition) is 0. The van der Waals surface area contributed by atoms with Crippen LogP contribution in [0.25, 0.3) is 44.5 Å². The predicted molar refractivity (Wildman–Crippen MR) is 209 cm³/mol. The highest BCUT2D eigenvalue weighted by atomic mass is 16.5. The summed E-state index contributed by atoms with van der Waals surface area (Å²) >= 11 is 0. The van der Waals surface area contributed by atoms with Gasteiger partial charge in [-0.2, -0.15) is 0 Å². The number of rotatable bonds is 4. The Balaban J connectivity index is 1.27. The molecule has 0 bridgehead atoms. The maximum atomic E-state index is 6.72. The molecule has 240 valence electrons. The van der Waals surface area contributed by atoms with Crippen molar-refractivity contribution >= 4 is 0 Å². The summed E-state index contributed by atoms with van der Waals surface area (Å²) in [4.78, 5) is 0. The second-order valence-electron chi connectivity index (χ2n) is 13.6. The first-order valence-corrected chi connectivity index (χ1v) is 17.7. The molecule has 0 saturated heterocycles. The van der Waals surface area contributed by atoms with E-state index in [-0.39, 0.29) is 0 Å². The monoisotopic (exact) mass is 650 g/mol. The minimum atomic E-state index is -0.593. The number of para-hydroxylation sites is 2. The van der Waals surface area contributed by atoms with Crippen LogP contribution < -0.4 is 4.74 Å². The van der Waals surface area contributed by atoms with Crippen molar-refractivity contribution in [3.63, 3.8) is 0 Å². The van der Waals surface area contributed by atoms with Gasteiger partial charge in [0.2, 0.25) is 0 Å². The average Bonchev–Trinajstić information content (AvgIpc) is 3.21. The fourth-order valence-corrected chi connectivity index (χ4v) is 8.63. The molecule has 10 rings (SSSR count). The molecule has 0 unspecified atom stereocenters. The largest absolute Gasteiger partial charge is 0.457 e. The zero-order valence-electron chi connectivity index (χ0n) is 28.1. The van der Waals surface area contributed by atoms with E-state index >= 15 is 0 Å². The van der Waals surface area contributed by atoms with E-state index in [1.807, 2.05) is 0 Å². The predicted octanol–water partition coefficient (Wildman–Crippen LogP) is 12.7. The second kappa shape index (κ2) is 11.9. The van der Waals surface area contributed by atoms with Crippen LogP contribution in [0.4, 0.5) is 0 Å². The van der Waals surface area contributed by atoms with Crippen molar-refractivity contribution < 1.29 is 4.74 Å². The van der Waals surface area contributed by atoms with Crippen LogP contribution in [0.2, 0.25) is 0 Å². The summed E-state index contributed by atoms with van der Waals surface area (Å²) < 4.78 is 6.72. The zero-order valence-corrected chi connectivity index (χ0v) is 28.1. The van der Waals surface area contributed by atoms with E-state index in [1.54, 1.807) is 0 Å². The Morgan fingerprint density at radius 1 is 0.314 bits per heavy atom. The Morgan fingerprint density at radius 2 is 0.686 bits per heavy atom. The van der Waals surface area contributed by atoms with Crippen LogP contribution in [-0.2, 0) is 11.8 Å². The summed E-state index contributed by atoms with van der Waals surface area (Å²) in [5, 5.41) is 0. The summed E-state index contributed by atoms with van der Waals surface area (Å²) in [7, 11) is 0. The molecule has 1 heteroatoms. The SMILES string of the molecule is c1ccc(-c2ccccc2-c2ccc3c(c2)C2(c4cc(-c5ccccc5-c5ccccc5)ccc4C3)c3ccccc3Oc3ccccc32)cc1. The summed E-state index contributed by atoms with van der Waals surface area (Å²) in [6.07, 6.45) is 0.860. The first-order valence-electron chi connectivity index (χ1n) is 17.7. The van der Waals surface area contributed by atoms with E-state index in [2.05, 4.69) is 194 Å². The molecule has 8 aromatic rings. The van der Waals surface area contributed by atoms with Gasteiger partial charge in [0.05, 0.1) is 5.41 Å². The van der Waals surface area contributed by atoms with Gasteiger partial charge in [-0.25, -0.2) is 0 Å². The lowest BCUT2D eigenvalue weighted by Gasteiger charge is -2.46. The van der Waals surface area contributed by atoms with Gasteiger partial charge >= 0.3 is 0 Å². The van der Waals surface area contributed by atoms with E-state index in [9.17, 15) is 0 Å². The highest BCUT2D eigenvalue weighted by Crippen LogP contribution is 2.59. The molecule has 0 amide bonds. The molecule has 8 aromatic carbocycles. The van der Waals surface area contributed by atoms with E-state index in [0.29, 0.717) is 0 Å². The summed E-state index contributed by atoms with van der Waals surface area (Å²) in [5.41, 5.74) is 16.8. The maximum Gasteiger partial charge on any atom is 0.132 e. The van der Waals surface area contributed by atoms with Crippen molar-refractivity contribution in [1.82, 2.24) is 0 Å². The first-order chi connectivity index (χ1) is 25.3. The van der Waals surface area contributed by atoms with Gasteiger partial charge in [0.15, 0.2) is 0 Å². The minimum absolute atomic E-state index is 0.593. The molecule has 1 heterocycles. The molecule has 2 aliphatic rings. The van der Waals surface area contributed by atoms with Gasteiger partial charge in [0.25, 0.3) is 0 Å². The smallest absolute Gasteiger partial charge is 0.132 e. The average molecular weight is 651 g/mol. The molecule has 0 N–H and O–H groups in total. The fraction of sp³-hybridized carbons (Fsp3) is 0.0400. The third-order valence-corrected chi connectivity index (χ3v) is 10.9. The lowest BCUT2D eigenvalue weighted by atomic mass is 9.58. The van der Waals surface area contributed by atoms with Gasteiger partial charge in [-0.1, -0.05) is 170 Å². The van der Waals surface area contributed by atoms with Gasteiger partial charge in [-0.3, -0.25) is 0 Å². The van der Waals surface area contributed by atoms with E-state index in [4.69, 9.17) is 4.74 Å². The molecular formula is C50H34O. The Hall–Kier alpha value is -6.44. The highest BCUT2D eigenvalue weighted by Gasteiger charge is 2.49. The van der Waals surface area contributed by atoms with Crippen molar-refractivity contribution in [2.24, 2.45) is 0 Å². The molecule has 1 aliphatic carbocycles. The van der Waals surface area contributed by atoms with Crippen LogP contribution in [-0.4, -0.2) is 0 Å². The minimum Gasteiger partial charge on any atom is -0.457 e. The molecule has 51 heavy (non-hydrogen) atoms. The molecule has 0 radical (unpaired) electrons. The lowest BCUT2D eigenvalue weighted by molar-refractivity contribution is 0.432. The van der Waals surface area contributed by atoms with E-state index in [1.165, 1.54) is 77.9 Å². The number of hydrogen-bond acceptors (Lipinski definition) is 1. The first kappa shape index (κ1) is 29.5. The topological polar surface area (TPSA) is 9.23 Å². The summed E-state index contributed by atoms with van der Waals surface area (Å²) in [6, 6.07) is 70.7. The van der Waals surface area contributed by atoms with Crippen LogP contribution >= 0.6 is 0 Å². The quantitative estimate of drug-likeness (QED) is 0.184. The number of ether oxygens (including phenoxy) is 1. The molecule has 1 spiro atoms. The van der Waals surface area contributed by atoms with Gasteiger partial charge in [-0.05, 0) is 97.4 Å². The molecule has 0 fully saturated rings. The molecule has 1 aliphatic heterocycles. The van der Waals surface area contributed by atoms with E-state index in [0.717, 1.165) is 17.9 Å². The number of fused-ring (bicyclic) bond motifs is 8. The molecule has 0 saturated carbocycles. The number of benzene rings is 8. The normalized spacial score (nSPS) is 13.3. The maximum absolute atomic E-state index is 6.72. The van der Waals surface area contributed by atoms with Gasteiger partial charge in [0.1, 0.15) is 11.5 Å². The molecule has 0 aromatic heterocycles. The van der Waals surface area contributed by atoms with Crippen molar-refractivity contribution in [3.05, 3.63) is 228 Å². The second-order valence-corrected chi connectivity index (χ2v) is 13.6. The fourth-order valence-electron chi connectivity index (χ4n) is 8.63. The van der Waals surface area contributed by atoms with Crippen LogP contribution in [0.15, 0.2) is 194 Å². The Morgan fingerprint density at radius 3 is 1.14 bits per heavy atom. The van der Waals surface area contributed by atoms with Crippen molar-refractivity contribution in [1.29, 1.82) is 0 Å². The summed E-state index contributed by atoms with van der Waals surface area (Å²) in [5.74, 6) is 1.81. The van der Waals surface area contributed by atoms with Gasteiger partial charge in [-0.15, -0.1) is 0 Å². The van der Waals surface area contributed by atoms with Crippen molar-refractivity contribution in [2.45, 2.75) is 11.8 Å². The van der Waals surface area contributed by atoms with Crippen LogP contribution in [0.1, 0.15) is 33.4 Å². The van der Waals surface area contributed by atoms with Crippen LogP contribution in [0.5, 0.6) is 11.5 Å². The third-order valence-electron chi connectivity index (χ3n) is 10.9. The molecule has 0 atom stereocenters. The van der Waals surface area contributed by atoms with Crippen LogP contribution in [0, 0.1) is 0 Å². The molecule has 1 nitrogen and oxygen atoms in total. The van der Waals surface area contributed by atoms with Crippen molar-refractivity contribution in [3.8, 4) is 56.0 Å². The Kier molecular flexibility index (Phi) is 6.85. The molecular weight excluding hydrogens is 617 g/mol. The zero-order chi connectivity index (χ0) is 33.8.